The fourth-order valence-corrected chi connectivity index (χ4v) is 4.87. The Kier molecular flexibility index (Phi) is 7.27. The van der Waals surface area contributed by atoms with E-state index in [1.807, 2.05) is 62.4 Å². The maximum Gasteiger partial charge on any atom is 0.303 e. The topological polar surface area (TPSA) is 56.8 Å². The van der Waals surface area contributed by atoms with Gasteiger partial charge in [-0.15, -0.1) is 0 Å². The maximum atomic E-state index is 12.0. The van der Waals surface area contributed by atoms with E-state index in [1.165, 1.54) is 6.92 Å². The largest absolute Gasteiger partial charge is 0.490 e. The molecule has 0 bridgehead atoms. The molecule has 1 aliphatic rings. The predicted molar refractivity (Wildman–Crippen MR) is 139 cm³/mol. The third-order valence-corrected chi connectivity index (χ3v) is 6.80. The molecule has 0 aromatic heterocycles. The summed E-state index contributed by atoms with van der Waals surface area (Å²) in [6, 6.07) is 19.7. The molecule has 1 N–H and O–H groups in total. The number of hydrogen-bond donors (Lipinski definition) is 1. The lowest BCUT2D eigenvalue weighted by Gasteiger charge is -2.46. The summed E-state index contributed by atoms with van der Waals surface area (Å²) in [6.07, 6.45) is -0.396. The maximum absolute atomic E-state index is 12.0. The van der Waals surface area contributed by atoms with Crippen molar-refractivity contribution in [1.29, 1.82) is 0 Å². The Hall–Kier alpha value is -3.18. The molecule has 0 radical (unpaired) electrons. The summed E-state index contributed by atoms with van der Waals surface area (Å²) in [5.41, 5.74) is 4.57. The van der Waals surface area contributed by atoms with Gasteiger partial charge in [0.15, 0.2) is 11.5 Å². The van der Waals surface area contributed by atoms with Gasteiger partial charge in [-0.25, -0.2) is 0 Å². The molecule has 35 heavy (non-hydrogen) atoms. The van der Waals surface area contributed by atoms with Crippen LogP contribution in [0, 0.1) is 12.3 Å². The molecule has 1 aliphatic heterocycles. The zero-order valence-corrected chi connectivity index (χ0v) is 21.6. The zero-order chi connectivity index (χ0) is 25.2. The number of esters is 1. The number of ether oxygens (including phenoxy) is 3. The SMILES string of the molecule is CCOc1cc(C2Nc3ccc(C)cc3C(OC(C)=O)C2(C)C)ccc1OCc1ccccc1Cl. The third kappa shape index (κ3) is 5.25. The summed E-state index contributed by atoms with van der Waals surface area (Å²) in [5, 5.41) is 4.35. The van der Waals surface area contributed by atoms with Gasteiger partial charge in [0.25, 0.3) is 0 Å². The van der Waals surface area contributed by atoms with Crippen molar-refractivity contribution in [3.05, 3.63) is 87.9 Å². The first-order valence-corrected chi connectivity index (χ1v) is 12.3. The predicted octanol–water partition coefficient (Wildman–Crippen LogP) is 7.42. The Morgan fingerprint density at radius 3 is 2.51 bits per heavy atom. The van der Waals surface area contributed by atoms with Crippen molar-refractivity contribution in [3.8, 4) is 11.5 Å². The van der Waals surface area contributed by atoms with Crippen molar-refractivity contribution in [3.63, 3.8) is 0 Å². The normalized spacial score (nSPS) is 18.2. The molecule has 1 heterocycles. The minimum atomic E-state index is -0.435. The monoisotopic (exact) mass is 493 g/mol. The van der Waals surface area contributed by atoms with Crippen LogP contribution in [0.3, 0.4) is 0 Å². The quantitative estimate of drug-likeness (QED) is 0.347. The lowest BCUT2D eigenvalue weighted by Crippen LogP contribution is -2.40. The molecule has 4 rings (SSSR count). The molecule has 2 unspecified atom stereocenters. The Morgan fingerprint density at radius 1 is 1.03 bits per heavy atom. The number of aryl methyl sites for hydroxylation is 1. The summed E-state index contributed by atoms with van der Waals surface area (Å²) < 4.78 is 17.9. The molecule has 3 aromatic carbocycles. The minimum Gasteiger partial charge on any atom is -0.490 e. The van der Waals surface area contributed by atoms with Crippen LogP contribution in [0.2, 0.25) is 5.02 Å². The van der Waals surface area contributed by atoms with Crippen LogP contribution in [-0.2, 0) is 16.1 Å². The van der Waals surface area contributed by atoms with Gasteiger partial charge in [-0.2, -0.15) is 0 Å². The van der Waals surface area contributed by atoms with Crippen LogP contribution < -0.4 is 14.8 Å². The van der Waals surface area contributed by atoms with Gasteiger partial charge in [0, 0.05) is 34.2 Å². The van der Waals surface area contributed by atoms with E-state index in [1.54, 1.807) is 0 Å². The summed E-state index contributed by atoms with van der Waals surface area (Å²) in [7, 11) is 0. The van der Waals surface area contributed by atoms with E-state index in [2.05, 4.69) is 31.3 Å². The molecule has 0 spiro atoms. The lowest BCUT2D eigenvalue weighted by atomic mass is 9.70. The van der Waals surface area contributed by atoms with E-state index in [9.17, 15) is 4.79 Å². The number of anilines is 1. The zero-order valence-electron chi connectivity index (χ0n) is 20.9. The second kappa shape index (κ2) is 10.2. The molecular formula is C29H32ClNO4. The highest BCUT2D eigenvalue weighted by molar-refractivity contribution is 6.31. The molecule has 0 amide bonds. The highest BCUT2D eigenvalue weighted by atomic mass is 35.5. The average Bonchev–Trinajstić information content (AvgIpc) is 2.81. The Bertz CT molecular complexity index is 1220. The standard InChI is InChI=1S/C29H32ClNO4/c1-6-33-26-16-20(12-14-25(26)34-17-21-9-7-8-10-23(21)30)27-29(4,5)28(35-19(3)32)22-15-18(2)11-13-24(22)31-27/h7-16,27-28,31H,6,17H2,1-5H3. The first-order chi connectivity index (χ1) is 16.7. The van der Waals surface area contributed by atoms with Gasteiger partial charge in [-0.05, 0) is 43.7 Å². The minimum absolute atomic E-state index is 0.126. The molecule has 5 nitrogen and oxygen atoms in total. The number of carbonyl (C=O) groups is 1. The summed E-state index contributed by atoms with van der Waals surface area (Å²) in [5.74, 6) is 1.01. The Balaban J connectivity index is 1.68. The number of hydrogen-bond acceptors (Lipinski definition) is 5. The lowest BCUT2D eigenvalue weighted by molar-refractivity contribution is -0.154. The molecule has 0 saturated carbocycles. The van der Waals surface area contributed by atoms with Gasteiger partial charge < -0.3 is 19.5 Å². The number of fused-ring (bicyclic) bond motifs is 1. The molecule has 0 fully saturated rings. The molecular weight excluding hydrogens is 462 g/mol. The van der Waals surface area contributed by atoms with Crippen molar-refractivity contribution >= 4 is 23.3 Å². The highest BCUT2D eigenvalue weighted by Gasteiger charge is 2.46. The number of rotatable bonds is 7. The summed E-state index contributed by atoms with van der Waals surface area (Å²) >= 11 is 6.29. The average molecular weight is 494 g/mol. The van der Waals surface area contributed by atoms with Crippen LogP contribution in [0.15, 0.2) is 60.7 Å². The van der Waals surface area contributed by atoms with Crippen LogP contribution >= 0.6 is 11.6 Å². The number of nitrogens with one attached hydrogen (secondary N) is 1. The molecule has 6 heteroatoms. The van der Waals surface area contributed by atoms with Crippen LogP contribution in [0.4, 0.5) is 5.69 Å². The third-order valence-electron chi connectivity index (χ3n) is 6.43. The van der Waals surface area contributed by atoms with E-state index >= 15 is 0 Å². The van der Waals surface area contributed by atoms with Crippen molar-refractivity contribution in [2.45, 2.75) is 53.4 Å². The molecule has 0 aliphatic carbocycles. The number of benzene rings is 3. The van der Waals surface area contributed by atoms with Crippen molar-refractivity contribution in [1.82, 2.24) is 0 Å². The Labute approximate surface area is 212 Å². The van der Waals surface area contributed by atoms with E-state index in [4.69, 9.17) is 25.8 Å². The van der Waals surface area contributed by atoms with Crippen molar-refractivity contribution in [2.24, 2.45) is 5.41 Å². The van der Waals surface area contributed by atoms with Crippen molar-refractivity contribution < 1.29 is 19.0 Å². The first kappa shape index (κ1) is 24.9. The molecule has 184 valence electrons. The van der Waals surface area contributed by atoms with Gasteiger partial charge in [0.1, 0.15) is 12.7 Å². The van der Waals surface area contributed by atoms with Crippen LogP contribution in [-0.4, -0.2) is 12.6 Å². The smallest absolute Gasteiger partial charge is 0.303 e. The second-order valence-corrected chi connectivity index (χ2v) is 9.91. The molecule has 3 aromatic rings. The van der Waals surface area contributed by atoms with E-state index in [0.717, 1.165) is 27.9 Å². The van der Waals surface area contributed by atoms with Gasteiger partial charge in [-0.1, -0.05) is 67.4 Å². The van der Waals surface area contributed by atoms with Gasteiger partial charge in [0.05, 0.1) is 12.6 Å². The van der Waals surface area contributed by atoms with Gasteiger partial charge in [0.2, 0.25) is 0 Å². The highest BCUT2D eigenvalue weighted by Crippen LogP contribution is 2.54. The van der Waals surface area contributed by atoms with Crippen molar-refractivity contribution in [2.75, 3.05) is 11.9 Å². The van der Waals surface area contributed by atoms with Crippen LogP contribution in [0.25, 0.3) is 0 Å². The van der Waals surface area contributed by atoms with Gasteiger partial charge in [-0.3, -0.25) is 4.79 Å². The van der Waals surface area contributed by atoms with Gasteiger partial charge >= 0.3 is 5.97 Å². The number of halogens is 1. The fourth-order valence-electron chi connectivity index (χ4n) is 4.68. The van der Waals surface area contributed by atoms with E-state index in [0.29, 0.717) is 29.7 Å². The summed E-state index contributed by atoms with van der Waals surface area (Å²) in [6.45, 7) is 10.5. The number of carbonyl (C=O) groups excluding carboxylic acids is 1. The molecule has 2 atom stereocenters. The van der Waals surface area contributed by atoms with E-state index < -0.39 is 11.5 Å². The molecule has 0 saturated heterocycles. The first-order valence-electron chi connectivity index (χ1n) is 11.9. The second-order valence-electron chi connectivity index (χ2n) is 9.50. The van der Waals surface area contributed by atoms with E-state index in [-0.39, 0.29) is 12.0 Å². The fraction of sp³-hybridized carbons (Fsp3) is 0.345. The Morgan fingerprint density at radius 2 is 1.80 bits per heavy atom. The van der Waals surface area contributed by atoms with Crippen LogP contribution in [0.5, 0.6) is 11.5 Å². The van der Waals surface area contributed by atoms with Crippen LogP contribution in [0.1, 0.15) is 62.1 Å². The summed E-state index contributed by atoms with van der Waals surface area (Å²) in [4.78, 5) is 12.0.